The number of nitrogens with zero attached hydrogens (tertiary/aromatic N) is 2. The number of rotatable bonds is 5. The van der Waals surface area contributed by atoms with Gasteiger partial charge in [-0.2, -0.15) is 5.10 Å². The number of aliphatic hydroxyl groups is 1. The Hall–Kier alpha value is -1.85. The van der Waals surface area contributed by atoms with E-state index in [1.54, 1.807) is 14.0 Å². The summed E-state index contributed by atoms with van der Waals surface area (Å²) in [5, 5.41) is 17.9. The van der Waals surface area contributed by atoms with E-state index in [0.717, 1.165) is 5.56 Å². The molecule has 1 atom stereocenters. The molecular weight excluding hydrogens is 314 g/mol. The largest absolute Gasteiger partial charge is 0.384 e. The van der Waals surface area contributed by atoms with Gasteiger partial charge in [-0.3, -0.25) is 9.48 Å². The maximum atomic E-state index is 12.5. The highest BCUT2D eigenvalue weighted by molar-refractivity contribution is 6.33. The molecular formula is C17H22ClN3O2. The molecule has 0 radical (unpaired) electrons. The minimum absolute atomic E-state index is 0.0732. The number of aromatic nitrogens is 2. The molecule has 0 aliphatic rings. The molecule has 0 spiro atoms. The monoisotopic (exact) mass is 335 g/mol. The van der Waals surface area contributed by atoms with Gasteiger partial charge in [-0.25, -0.2) is 0 Å². The smallest absolute Gasteiger partial charge is 0.256 e. The Morgan fingerprint density at radius 3 is 2.57 bits per heavy atom. The molecule has 0 saturated heterocycles. The average molecular weight is 336 g/mol. The number of halogens is 1. The van der Waals surface area contributed by atoms with Crippen LogP contribution in [0.5, 0.6) is 0 Å². The first kappa shape index (κ1) is 17.5. The maximum Gasteiger partial charge on any atom is 0.256 e. The number of hydrogen-bond acceptors (Lipinski definition) is 3. The zero-order chi connectivity index (χ0) is 17.2. The number of aryl methyl sites for hydroxylation is 1. The summed E-state index contributed by atoms with van der Waals surface area (Å²) in [6.07, 6.45) is 0. The Bertz CT molecular complexity index is 693. The second kappa shape index (κ2) is 6.72. The molecule has 1 aromatic carbocycles. The van der Waals surface area contributed by atoms with E-state index >= 15 is 0 Å². The van der Waals surface area contributed by atoms with E-state index in [-0.39, 0.29) is 18.4 Å². The van der Waals surface area contributed by atoms with Crippen LogP contribution in [0.3, 0.4) is 0 Å². The Morgan fingerprint density at radius 2 is 2.00 bits per heavy atom. The predicted molar refractivity (Wildman–Crippen MR) is 90.7 cm³/mol. The molecule has 1 aromatic heterocycles. The zero-order valence-corrected chi connectivity index (χ0v) is 14.6. The standard InChI is InChI=1S/C17H22ClN3O2/c1-11(2)14-13(15(18)21(4)20-14)16(22)19-10-17(3,23)12-8-6-5-7-9-12/h5-9,11,23H,10H2,1-4H3,(H,19,22). The molecule has 0 fully saturated rings. The van der Waals surface area contributed by atoms with Gasteiger partial charge in [-0.1, -0.05) is 55.8 Å². The summed E-state index contributed by atoms with van der Waals surface area (Å²) in [7, 11) is 1.70. The van der Waals surface area contributed by atoms with Gasteiger partial charge in [-0.15, -0.1) is 0 Å². The van der Waals surface area contributed by atoms with Crippen molar-refractivity contribution in [2.75, 3.05) is 6.54 Å². The summed E-state index contributed by atoms with van der Waals surface area (Å²) < 4.78 is 1.49. The van der Waals surface area contributed by atoms with E-state index in [2.05, 4.69) is 10.4 Å². The van der Waals surface area contributed by atoms with Crippen molar-refractivity contribution in [2.45, 2.75) is 32.3 Å². The lowest BCUT2D eigenvalue weighted by molar-refractivity contribution is 0.0526. The van der Waals surface area contributed by atoms with Crippen LogP contribution in [0.25, 0.3) is 0 Å². The molecule has 1 amide bonds. The van der Waals surface area contributed by atoms with E-state index in [1.807, 2.05) is 44.2 Å². The van der Waals surface area contributed by atoms with Gasteiger partial charge < -0.3 is 10.4 Å². The van der Waals surface area contributed by atoms with Crippen LogP contribution in [-0.2, 0) is 12.6 Å². The number of amides is 1. The SMILES string of the molecule is CC(C)c1nn(C)c(Cl)c1C(=O)NCC(C)(O)c1ccccc1. The van der Waals surface area contributed by atoms with Crippen LogP contribution >= 0.6 is 11.6 Å². The molecule has 23 heavy (non-hydrogen) atoms. The van der Waals surface area contributed by atoms with Crippen LogP contribution in [-0.4, -0.2) is 27.3 Å². The van der Waals surface area contributed by atoms with E-state index in [4.69, 9.17) is 11.6 Å². The Balaban J connectivity index is 2.17. The summed E-state index contributed by atoms with van der Waals surface area (Å²) >= 11 is 6.20. The Labute approximate surface area is 141 Å². The van der Waals surface area contributed by atoms with E-state index in [9.17, 15) is 9.90 Å². The highest BCUT2D eigenvalue weighted by Crippen LogP contribution is 2.25. The van der Waals surface area contributed by atoms with Gasteiger partial charge in [0.2, 0.25) is 0 Å². The van der Waals surface area contributed by atoms with E-state index in [1.165, 1.54) is 4.68 Å². The fraction of sp³-hybridized carbons (Fsp3) is 0.412. The summed E-state index contributed by atoms with van der Waals surface area (Å²) in [5.41, 5.74) is 0.591. The van der Waals surface area contributed by atoms with E-state index < -0.39 is 5.60 Å². The molecule has 0 aliphatic heterocycles. The Morgan fingerprint density at radius 1 is 1.39 bits per heavy atom. The average Bonchev–Trinajstić information content (AvgIpc) is 2.82. The summed E-state index contributed by atoms with van der Waals surface area (Å²) in [6, 6.07) is 9.22. The van der Waals surface area contributed by atoms with Gasteiger partial charge >= 0.3 is 0 Å². The van der Waals surface area contributed by atoms with Crippen LogP contribution in [0.2, 0.25) is 5.15 Å². The lowest BCUT2D eigenvalue weighted by Crippen LogP contribution is -2.38. The van der Waals surface area contributed by atoms with Crippen molar-refractivity contribution < 1.29 is 9.90 Å². The molecule has 2 N–H and O–H groups in total. The first-order valence-electron chi connectivity index (χ1n) is 7.52. The van der Waals surface area contributed by atoms with Crippen LogP contribution in [0.15, 0.2) is 30.3 Å². The number of nitrogens with one attached hydrogen (secondary N) is 1. The van der Waals surface area contributed by atoms with Gasteiger partial charge in [-0.05, 0) is 18.4 Å². The normalized spacial score (nSPS) is 13.9. The third kappa shape index (κ3) is 3.74. The minimum atomic E-state index is -1.16. The van der Waals surface area contributed by atoms with Crippen molar-refractivity contribution in [1.82, 2.24) is 15.1 Å². The number of carbonyl (C=O) groups is 1. The van der Waals surface area contributed by atoms with Gasteiger partial charge in [0.15, 0.2) is 0 Å². The molecule has 6 heteroatoms. The molecule has 0 bridgehead atoms. The molecule has 0 saturated carbocycles. The third-order valence-corrected chi connectivity index (χ3v) is 4.20. The van der Waals surface area contributed by atoms with Crippen LogP contribution in [0.1, 0.15) is 48.3 Å². The molecule has 2 aromatic rings. The van der Waals surface area contributed by atoms with Crippen molar-refractivity contribution in [3.63, 3.8) is 0 Å². The van der Waals surface area contributed by atoms with E-state index in [0.29, 0.717) is 16.4 Å². The molecule has 5 nitrogen and oxygen atoms in total. The van der Waals surface area contributed by atoms with Crippen LogP contribution < -0.4 is 5.32 Å². The predicted octanol–water partition coefficient (Wildman–Crippen LogP) is 2.83. The zero-order valence-electron chi connectivity index (χ0n) is 13.8. The topological polar surface area (TPSA) is 67.2 Å². The number of benzene rings is 1. The van der Waals surface area contributed by atoms with Crippen molar-refractivity contribution >= 4 is 17.5 Å². The second-order valence-corrected chi connectivity index (χ2v) is 6.51. The van der Waals surface area contributed by atoms with Crippen LogP contribution in [0.4, 0.5) is 0 Å². The van der Waals surface area contributed by atoms with Crippen molar-refractivity contribution in [3.05, 3.63) is 52.3 Å². The molecule has 1 heterocycles. The molecule has 1 unspecified atom stereocenters. The van der Waals surface area contributed by atoms with Gasteiger partial charge in [0, 0.05) is 7.05 Å². The number of carbonyl (C=O) groups excluding carboxylic acids is 1. The van der Waals surface area contributed by atoms with Crippen molar-refractivity contribution in [3.8, 4) is 0 Å². The quantitative estimate of drug-likeness (QED) is 0.883. The fourth-order valence-corrected chi connectivity index (χ4v) is 2.60. The second-order valence-electron chi connectivity index (χ2n) is 6.15. The summed E-state index contributed by atoms with van der Waals surface area (Å²) in [5.74, 6) is -0.257. The minimum Gasteiger partial charge on any atom is -0.384 e. The first-order chi connectivity index (χ1) is 10.7. The first-order valence-corrected chi connectivity index (χ1v) is 7.90. The highest BCUT2D eigenvalue weighted by Gasteiger charge is 2.27. The summed E-state index contributed by atoms with van der Waals surface area (Å²) in [4.78, 5) is 12.5. The highest BCUT2D eigenvalue weighted by atomic mass is 35.5. The third-order valence-electron chi connectivity index (χ3n) is 3.77. The fourth-order valence-electron chi connectivity index (χ4n) is 2.38. The number of hydrogen-bond donors (Lipinski definition) is 2. The van der Waals surface area contributed by atoms with Gasteiger partial charge in [0.05, 0.1) is 17.8 Å². The van der Waals surface area contributed by atoms with Crippen LogP contribution in [0, 0.1) is 0 Å². The Kier molecular flexibility index (Phi) is 5.12. The van der Waals surface area contributed by atoms with Gasteiger partial charge in [0.1, 0.15) is 10.8 Å². The lowest BCUT2D eigenvalue weighted by atomic mass is 9.96. The summed E-state index contributed by atoms with van der Waals surface area (Å²) in [6.45, 7) is 5.65. The maximum absolute atomic E-state index is 12.5. The molecule has 2 rings (SSSR count). The lowest BCUT2D eigenvalue weighted by Gasteiger charge is -2.24. The van der Waals surface area contributed by atoms with Crippen molar-refractivity contribution in [2.24, 2.45) is 7.05 Å². The molecule has 0 aliphatic carbocycles. The molecule has 124 valence electrons. The van der Waals surface area contributed by atoms with Crippen molar-refractivity contribution in [1.29, 1.82) is 0 Å². The van der Waals surface area contributed by atoms with Gasteiger partial charge in [0.25, 0.3) is 5.91 Å².